The van der Waals surface area contributed by atoms with Gasteiger partial charge in [-0.15, -0.1) is 0 Å². The van der Waals surface area contributed by atoms with Gasteiger partial charge in [-0.05, 0) is 35.5 Å². The molecule has 0 spiro atoms. The van der Waals surface area contributed by atoms with Crippen molar-refractivity contribution < 1.29 is 18.9 Å². The van der Waals surface area contributed by atoms with Crippen molar-refractivity contribution >= 4 is 50.8 Å². The number of amides is 2. The average molecular weight is 409 g/mol. The molecule has 0 aliphatic carbocycles. The minimum atomic E-state index is -0.670. The largest absolute Gasteiger partial charge is 0.433 e. The van der Waals surface area contributed by atoms with Gasteiger partial charge in [0.15, 0.2) is 0 Å². The highest BCUT2D eigenvalue weighted by atomic mass is 79.9. The minimum absolute atomic E-state index is 0.149. The van der Waals surface area contributed by atoms with E-state index >= 15 is 0 Å². The standard InChI is InChI=1S/C15H9BrN2O5S/c16-10-3-1-9(2-4-10)8-17-14(19)12(24-15(17)20)7-11-5-6-13(23-11)18(21)22/h1-7H,8H2/b12-7-. The van der Waals surface area contributed by atoms with E-state index in [2.05, 4.69) is 15.9 Å². The highest BCUT2D eigenvalue weighted by Crippen LogP contribution is 2.34. The number of benzene rings is 1. The Hall–Kier alpha value is -2.39. The molecule has 2 heterocycles. The summed E-state index contributed by atoms with van der Waals surface area (Å²) in [5.41, 5.74) is 0.815. The van der Waals surface area contributed by atoms with Crippen LogP contribution in [0.15, 0.2) is 50.2 Å². The molecule has 1 aliphatic rings. The number of imide groups is 1. The zero-order valence-electron chi connectivity index (χ0n) is 12.0. The summed E-state index contributed by atoms with van der Waals surface area (Å²) in [5, 5.41) is 10.2. The third-order valence-corrected chi connectivity index (χ3v) is 4.63. The van der Waals surface area contributed by atoms with Crippen LogP contribution in [0.25, 0.3) is 6.08 Å². The summed E-state index contributed by atoms with van der Waals surface area (Å²) in [5.74, 6) is -0.724. The van der Waals surface area contributed by atoms with Crippen molar-refractivity contribution in [3.05, 3.63) is 67.2 Å². The maximum Gasteiger partial charge on any atom is 0.433 e. The van der Waals surface area contributed by atoms with Crippen molar-refractivity contribution in [2.75, 3.05) is 0 Å². The molecule has 1 aliphatic heterocycles. The van der Waals surface area contributed by atoms with E-state index in [0.29, 0.717) is 0 Å². The van der Waals surface area contributed by atoms with Crippen molar-refractivity contribution in [2.24, 2.45) is 0 Å². The molecular weight excluding hydrogens is 400 g/mol. The third kappa shape index (κ3) is 3.41. The Labute approximate surface area is 148 Å². The molecule has 0 unspecified atom stereocenters. The highest BCUT2D eigenvalue weighted by Gasteiger charge is 2.35. The van der Waals surface area contributed by atoms with E-state index in [1.165, 1.54) is 18.2 Å². The van der Waals surface area contributed by atoms with Crippen LogP contribution in [0.1, 0.15) is 11.3 Å². The number of furan rings is 1. The van der Waals surface area contributed by atoms with E-state index < -0.39 is 22.0 Å². The lowest BCUT2D eigenvalue weighted by atomic mass is 10.2. The van der Waals surface area contributed by atoms with Crippen molar-refractivity contribution in [3.8, 4) is 0 Å². The number of halogens is 1. The monoisotopic (exact) mass is 408 g/mol. The first-order chi connectivity index (χ1) is 11.4. The van der Waals surface area contributed by atoms with Gasteiger partial charge in [-0.2, -0.15) is 0 Å². The Kier molecular flexibility index (Phi) is 4.54. The lowest BCUT2D eigenvalue weighted by Gasteiger charge is -2.12. The number of nitrogens with zero attached hydrogens (tertiary/aromatic N) is 2. The molecule has 3 rings (SSSR count). The molecule has 0 N–H and O–H groups in total. The summed E-state index contributed by atoms with van der Waals surface area (Å²) in [4.78, 5) is 35.6. The number of nitro groups is 1. The summed E-state index contributed by atoms with van der Waals surface area (Å²) in [7, 11) is 0. The number of thioether (sulfide) groups is 1. The van der Waals surface area contributed by atoms with Gasteiger partial charge >= 0.3 is 5.88 Å². The molecule has 1 fully saturated rings. The molecule has 1 saturated heterocycles. The lowest BCUT2D eigenvalue weighted by molar-refractivity contribution is -0.402. The van der Waals surface area contributed by atoms with Crippen LogP contribution in [-0.4, -0.2) is 21.0 Å². The van der Waals surface area contributed by atoms with Crippen molar-refractivity contribution in [1.82, 2.24) is 4.90 Å². The van der Waals surface area contributed by atoms with Crippen LogP contribution in [0.5, 0.6) is 0 Å². The first-order valence-corrected chi connectivity index (χ1v) is 8.29. The normalized spacial score (nSPS) is 16.2. The molecule has 122 valence electrons. The first kappa shape index (κ1) is 16.5. The van der Waals surface area contributed by atoms with Crippen LogP contribution in [0.3, 0.4) is 0 Å². The SMILES string of the molecule is O=C1S/C(=C\c2ccc([N+](=O)[O-])o2)C(=O)N1Cc1ccc(Br)cc1. The van der Waals surface area contributed by atoms with E-state index in [1.54, 1.807) is 0 Å². The smallest absolute Gasteiger partial charge is 0.401 e. The van der Waals surface area contributed by atoms with Crippen molar-refractivity contribution in [1.29, 1.82) is 0 Å². The maximum absolute atomic E-state index is 12.4. The Morgan fingerprint density at radius 2 is 1.92 bits per heavy atom. The van der Waals surface area contributed by atoms with E-state index in [0.717, 1.165) is 26.7 Å². The fourth-order valence-electron chi connectivity index (χ4n) is 2.06. The van der Waals surface area contributed by atoms with Gasteiger partial charge in [0, 0.05) is 10.5 Å². The summed E-state index contributed by atoms with van der Waals surface area (Å²) < 4.78 is 5.88. The fourth-order valence-corrected chi connectivity index (χ4v) is 3.14. The highest BCUT2D eigenvalue weighted by molar-refractivity contribution is 9.10. The van der Waals surface area contributed by atoms with Gasteiger partial charge in [0.2, 0.25) is 0 Å². The summed E-state index contributed by atoms with van der Waals surface area (Å²) in [6, 6.07) is 9.84. The number of carbonyl (C=O) groups excluding carboxylic acids is 2. The second kappa shape index (κ2) is 6.62. The zero-order chi connectivity index (χ0) is 17.3. The quantitative estimate of drug-likeness (QED) is 0.427. The minimum Gasteiger partial charge on any atom is -0.401 e. The molecule has 0 bridgehead atoms. The molecule has 1 aromatic heterocycles. The molecule has 9 heteroatoms. The van der Waals surface area contributed by atoms with E-state index in [4.69, 9.17) is 4.42 Å². The Morgan fingerprint density at radius 1 is 1.21 bits per heavy atom. The predicted octanol–water partition coefficient (Wildman–Crippen LogP) is 4.19. The number of hydrogen-bond acceptors (Lipinski definition) is 6. The van der Waals surface area contributed by atoms with Gasteiger partial charge in [-0.3, -0.25) is 24.6 Å². The molecule has 0 saturated carbocycles. The third-order valence-electron chi connectivity index (χ3n) is 3.19. The molecule has 2 amide bonds. The molecule has 24 heavy (non-hydrogen) atoms. The Morgan fingerprint density at radius 3 is 2.54 bits per heavy atom. The van der Waals surface area contributed by atoms with E-state index in [9.17, 15) is 19.7 Å². The summed E-state index contributed by atoms with van der Waals surface area (Å²) >= 11 is 4.10. The molecule has 1 aromatic carbocycles. The zero-order valence-corrected chi connectivity index (χ0v) is 14.4. The van der Waals surface area contributed by atoms with Gasteiger partial charge in [0.05, 0.1) is 17.5 Å². The molecule has 0 atom stereocenters. The first-order valence-electron chi connectivity index (χ1n) is 6.68. The Balaban J connectivity index is 1.79. The Bertz CT molecular complexity index is 859. The van der Waals surface area contributed by atoms with Gasteiger partial charge in [-0.25, -0.2) is 0 Å². The molecule has 7 nitrogen and oxygen atoms in total. The van der Waals surface area contributed by atoms with Gasteiger partial charge in [0.1, 0.15) is 10.7 Å². The lowest BCUT2D eigenvalue weighted by Crippen LogP contribution is -2.27. The number of carbonyl (C=O) groups is 2. The van der Waals surface area contributed by atoms with Gasteiger partial charge in [0.25, 0.3) is 11.1 Å². The van der Waals surface area contributed by atoms with Gasteiger partial charge in [-0.1, -0.05) is 28.1 Å². The van der Waals surface area contributed by atoms with Crippen molar-refractivity contribution in [2.45, 2.75) is 6.54 Å². The second-order valence-corrected chi connectivity index (χ2v) is 6.74. The van der Waals surface area contributed by atoms with Crippen LogP contribution in [0.2, 0.25) is 0 Å². The predicted molar refractivity (Wildman–Crippen MR) is 91.0 cm³/mol. The van der Waals surface area contributed by atoms with E-state index in [-0.39, 0.29) is 17.2 Å². The topological polar surface area (TPSA) is 93.7 Å². The molecule has 2 aromatic rings. The summed E-state index contributed by atoms with van der Waals surface area (Å²) in [6.45, 7) is 0.160. The van der Waals surface area contributed by atoms with Crippen LogP contribution in [-0.2, 0) is 11.3 Å². The van der Waals surface area contributed by atoms with Crippen LogP contribution < -0.4 is 0 Å². The van der Waals surface area contributed by atoms with Crippen molar-refractivity contribution in [3.63, 3.8) is 0 Å². The van der Waals surface area contributed by atoms with Gasteiger partial charge < -0.3 is 4.42 Å². The van der Waals surface area contributed by atoms with Crippen LogP contribution in [0.4, 0.5) is 10.7 Å². The summed E-state index contributed by atoms with van der Waals surface area (Å²) in [6.07, 6.45) is 1.33. The van der Waals surface area contributed by atoms with Crippen LogP contribution in [0, 0.1) is 10.1 Å². The maximum atomic E-state index is 12.4. The number of rotatable bonds is 4. The molecular formula is C15H9BrN2O5S. The number of hydrogen-bond donors (Lipinski definition) is 0. The van der Waals surface area contributed by atoms with E-state index in [1.807, 2.05) is 24.3 Å². The second-order valence-electron chi connectivity index (χ2n) is 4.83. The molecule has 0 radical (unpaired) electrons. The van der Waals surface area contributed by atoms with Crippen LogP contribution >= 0.6 is 27.7 Å². The fraction of sp³-hybridized carbons (Fsp3) is 0.0667. The average Bonchev–Trinajstić information content (AvgIpc) is 3.10.